The van der Waals surface area contributed by atoms with Crippen molar-refractivity contribution in [2.45, 2.75) is 32.5 Å². The van der Waals surface area contributed by atoms with Crippen molar-refractivity contribution < 1.29 is 13.2 Å². The molecule has 0 radical (unpaired) electrons. The van der Waals surface area contributed by atoms with E-state index < -0.39 is 12.7 Å². The largest absolute Gasteiger partial charge is 0.405 e. The van der Waals surface area contributed by atoms with Crippen LogP contribution in [-0.4, -0.2) is 31.3 Å². The highest BCUT2D eigenvalue weighted by Gasteiger charge is 2.29. The van der Waals surface area contributed by atoms with Crippen LogP contribution in [0.15, 0.2) is 18.3 Å². The Morgan fingerprint density at radius 2 is 2.05 bits per heavy atom. The van der Waals surface area contributed by atoms with Crippen molar-refractivity contribution in [3.05, 3.63) is 24.0 Å². The molecule has 6 heteroatoms. The number of pyridine rings is 1. The monoisotopic (exact) mass is 275 g/mol. The standard InChI is InChI=1S/C13H20F3N3/c1-4-7-17-10(2)12-6-5-11(8-18-12)19(3)9-13(14,15)16/h5-6,8,10,17H,4,7,9H2,1-3H3. The zero-order valence-electron chi connectivity index (χ0n) is 11.5. The Kier molecular flexibility index (Phi) is 5.60. The molecule has 0 saturated carbocycles. The van der Waals surface area contributed by atoms with Gasteiger partial charge in [0, 0.05) is 13.1 Å². The van der Waals surface area contributed by atoms with E-state index in [1.54, 1.807) is 12.1 Å². The van der Waals surface area contributed by atoms with Crippen LogP contribution < -0.4 is 10.2 Å². The van der Waals surface area contributed by atoms with Gasteiger partial charge in [0.25, 0.3) is 0 Å². The number of anilines is 1. The number of halogens is 3. The Balaban J connectivity index is 2.65. The van der Waals surface area contributed by atoms with Crippen molar-refractivity contribution in [3.63, 3.8) is 0 Å². The molecular formula is C13H20F3N3. The van der Waals surface area contributed by atoms with Gasteiger partial charge in [-0.3, -0.25) is 4.98 Å². The molecule has 0 aliphatic heterocycles. The van der Waals surface area contributed by atoms with Gasteiger partial charge in [-0.25, -0.2) is 0 Å². The number of hydrogen-bond donors (Lipinski definition) is 1. The molecule has 0 bridgehead atoms. The Bertz CT molecular complexity index is 376. The second-order valence-corrected chi connectivity index (χ2v) is 4.59. The first-order valence-electron chi connectivity index (χ1n) is 6.30. The lowest BCUT2D eigenvalue weighted by Gasteiger charge is -2.21. The van der Waals surface area contributed by atoms with Crippen LogP contribution >= 0.6 is 0 Å². The van der Waals surface area contributed by atoms with Gasteiger partial charge in [0.05, 0.1) is 17.6 Å². The lowest BCUT2D eigenvalue weighted by molar-refractivity contribution is -0.119. The first-order valence-corrected chi connectivity index (χ1v) is 6.30. The molecule has 1 atom stereocenters. The first-order chi connectivity index (χ1) is 8.83. The first kappa shape index (κ1) is 15.8. The van der Waals surface area contributed by atoms with Gasteiger partial charge in [0.15, 0.2) is 0 Å². The van der Waals surface area contributed by atoms with Crippen LogP contribution in [0.2, 0.25) is 0 Å². The minimum absolute atomic E-state index is 0.0990. The lowest BCUT2D eigenvalue weighted by Crippen LogP contribution is -2.31. The van der Waals surface area contributed by atoms with Crippen LogP contribution in [0.4, 0.5) is 18.9 Å². The van der Waals surface area contributed by atoms with Gasteiger partial charge in [-0.05, 0) is 32.0 Å². The fourth-order valence-corrected chi connectivity index (χ4v) is 1.71. The van der Waals surface area contributed by atoms with Gasteiger partial charge < -0.3 is 10.2 Å². The summed E-state index contributed by atoms with van der Waals surface area (Å²) in [6.45, 7) is 3.97. The summed E-state index contributed by atoms with van der Waals surface area (Å²) in [6.07, 6.45) is -1.70. The van der Waals surface area contributed by atoms with Crippen molar-refractivity contribution in [3.8, 4) is 0 Å². The van der Waals surface area contributed by atoms with Gasteiger partial charge in [-0.1, -0.05) is 6.92 Å². The van der Waals surface area contributed by atoms with Crippen molar-refractivity contribution in [1.29, 1.82) is 0 Å². The zero-order valence-corrected chi connectivity index (χ0v) is 11.5. The summed E-state index contributed by atoms with van der Waals surface area (Å²) in [7, 11) is 1.41. The number of aromatic nitrogens is 1. The van der Waals surface area contributed by atoms with Crippen LogP contribution in [0.3, 0.4) is 0 Å². The molecule has 1 aromatic rings. The van der Waals surface area contributed by atoms with E-state index in [1.165, 1.54) is 13.2 Å². The molecule has 0 aliphatic carbocycles. The maximum atomic E-state index is 12.3. The Morgan fingerprint density at radius 3 is 2.53 bits per heavy atom. The minimum Gasteiger partial charge on any atom is -0.364 e. The number of nitrogens with zero attached hydrogens (tertiary/aromatic N) is 2. The SMILES string of the molecule is CCCNC(C)c1ccc(N(C)CC(F)(F)F)cn1. The van der Waals surface area contributed by atoms with Crippen LogP contribution in [0.25, 0.3) is 0 Å². The van der Waals surface area contributed by atoms with Crippen LogP contribution in [-0.2, 0) is 0 Å². The van der Waals surface area contributed by atoms with Gasteiger partial charge in [-0.2, -0.15) is 13.2 Å². The van der Waals surface area contributed by atoms with Crippen molar-refractivity contribution in [2.24, 2.45) is 0 Å². The maximum Gasteiger partial charge on any atom is 0.405 e. The van der Waals surface area contributed by atoms with E-state index in [9.17, 15) is 13.2 Å². The van der Waals surface area contributed by atoms with Gasteiger partial charge in [0.2, 0.25) is 0 Å². The highest BCUT2D eigenvalue weighted by atomic mass is 19.4. The fourth-order valence-electron chi connectivity index (χ4n) is 1.71. The van der Waals surface area contributed by atoms with E-state index in [1.807, 2.05) is 6.92 Å². The molecule has 0 aromatic carbocycles. The minimum atomic E-state index is -4.20. The number of hydrogen-bond acceptors (Lipinski definition) is 3. The van der Waals surface area contributed by atoms with Gasteiger partial charge in [0.1, 0.15) is 6.54 Å². The quantitative estimate of drug-likeness (QED) is 0.864. The normalized spacial score (nSPS) is 13.4. The molecule has 0 aliphatic rings. The summed E-state index contributed by atoms with van der Waals surface area (Å²) < 4.78 is 36.8. The van der Waals surface area contributed by atoms with Crippen LogP contribution in [0, 0.1) is 0 Å². The molecule has 3 nitrogen and oxygen atoms in total. The summed E-state index contributed by atoms with van der Waals surface area (Å²) in [5, 5.41) is 3.28. The third-order valence-electron chi connectivity index (χ3n) is 2.77. The average molecular weight is 275 g/mol. The van der Waals surface area contributed by atoms with E-state index >= 15 is 0 Å². The smallest absolute Gasteiger partial charge is 0.364 e. The predicted molar refractivity (Wildman–Crippen MR) is 70.3 cm³/mol. The van der Waals surface area contributed by atoms with Crippen molar-refractivity contribution >= 4 is 5.69 Å². The van der Waals surface area contributed by atoms with Crippen LogP contribution in [0.5, 0.6) is 0 Å². The summed E-state index contributed by atoms with van der Waals surface area (Å²) in [4.78, 5) is 5.35. The molecule has 0 amide bonds. The molecule has 1 heterocycles. The van der Waals surface area contributed by atoms with Crippen molar-refractivity contribution in [1.82, 2.24) is 10.3 Å². The maximum absolute atomic E-state index is 12.3. The van der Waals surface area contributed by atoms with E-state index in [0.29, 0.717) is 5.69 Å². The molecule has 1 rings (SSSR count). The van der Waals surface area contributed by atoms with Crippen molar-refractivity contribution in [2.75, 3.05) is 25.0 Å². The molecule has 0 spiro atoms. The molecule has 1 aromatic heterocycles. The third kappa shape index (κ3) is 5.46. The second kappa shape index (κ2) is 6.75. The second-order valence-electron chi connectivity index (χ2n) is 4.59. The Hall–Kier alpha value is -1.30. The summed E-state index contributed by atoms with van der Waals surface area (Å²) in [6, 6.07) is 3.52. The fraction of sp³-hybridized carbons (Fsp3) is 0.615. The molecule has 0 saturated heterocycles. The number of alkyl halides is 3. The molecule has 0 fully saturated rings. The summed E-state index contributed by atoms with van der Waals surface area (Å²) >= 11 is 0. The predicted octanol–water partition coefficient (Wildman–Crippen LogP) is 3.14. The van der Waals surface area contributed by atoms with Crippen LogP contribution in [0.1, 0.15) is 32.0 Å². The van der Waals surface area contributed by atoms with Gasteiger partial charge >= 0.3 is 6.18 Å². The average Bonchev–Trinajstić information content (AvgIpc) is 2.34. The van der Waals surface area contributed by atoms with Gasteiger partial charge in [-0.15, -0.1) is 0 Å². The summed E-state index contributed by atoms with van der Waals surface area (Å²) in [5.41, 5.74) is 1.29. The molecule has 19 heavy (non-hydrogen) atoms. The summed E-state index contributed by atoms with van der Waals surface area (Å²) in [5.74, 6) is 0. The Morgan fingerprint density at radius 1 is 1.37 bits per heavy atom. The molecule has 1 N–H and O–H groups in total. The number of nitrogens with one attached hydrogen (secondary N) is 1. The molecule has 1 unspecified atom stereocenters. The third-order valence-corrected chi connectivity index (χ3v) is 2.77. The van der Waals surface area contributed by atoms with E-state index in [0.717, 1.165) is 23.6 Å². The van der Waals surface area contributed by atoms with E-state index in [-0.39, 0.29) is 6.04 Å². The highest BCUT2D eigenvalue weighted by molar-refractivity contribution is 5.44. The van der Waals surface area contributed by atoms with E-state index in [4.69, 9.17) is 0 Å². The highest BCUT2D eigenvalue weighted by Crippen LogP contribution is 2.21. The number of rotatable bonds is 6. The Labute approximate surface area is 111 Å². The topological polar surface area (TPSA) is 28.2 Å². The lowest BCUT2D eigenvalue weighted by atomic mass is 10.2. The molecular weight excluding hydrogens is 255 g/mol. The molecule has 108 valence electrons. The van der Waals surface area contributed by atoms with E-state index in [2.05, 4.69) is 17.2 Å². The zero-order chi connectivity index (χ0) is 14.5.